The van der Waals surface area contributed by atoms with Gasteiger partial charge in [0, 0.05) is 31.8 Å². The van der Waals surface area contributed by atoms with Crippen LogP contribution in [0.5, 0.6) is 0 Å². The number of hydrogen-bond acceptors (Lipinski definition) is 6. The highest BCUT2D eigenvalue weighted by Crippen LogP contribution is 2.32. The monoisotopic (exact) mass is 347 g/mol. The third-order valence-corrected chi connectivity index (χ3v) is 5.27. The summed E-state index contributed by atoms with van der Waals surface area (Å²) >= 11 is 1.21. The van der Waals surface area contributed by atoms with Crippen LogP contribution in [0, 0.1) is 5.92 Å². The summed E-state index contributed by atoms with van der Waals surface area (Å²) in [6, 6.07) is 0.0298. The minimum absolute atomic E-state index is 0.0298. The Kier molecular flexibility index (Phi) is 4.32. The molecule has 8 heteroatoms. The highest BCUT2D eigenvalue weighted by molar-refractivity contribution is 7.03. The van der Waals surface area contributed by atoms with Crippen molar-refractivity contribution in [2.45, 2.75) is 37.8 Å². The van der Waals surface area contributed by atoms with E-state index >= 15 is 0 Å². The molecule has 2 fully saturated rings. The van der Waals surface area contributed by atoms with E-state index in [9.17, 15) is 4.79 Å². The molecule has 2 aromatic rings. The molecule has 0 unspecified atom stereocenters. The maximum atomic E-state index is 12.8. The van der Waals surface area contributed by atoms with Crippen molar-refractivity contribution in [2.75, 3.05) is 13.2 Å². The van der Waals surface area contributed by atoms with E-state index in [1.807, 2.05) is 24.3 Å². The van der Waals surface area contributed by atoms with Gasteiger partial charge in [0.1, 0.15) is 0 Å². The zero-order valence-electron chi connectivity index (χ0n) is 13.7. The van der Waals surface area contributed by atoms with E-state index in [1.165, 1.54) is 24.4 Å². The van der Waals surface area contributed by atoms with Crippen LogP contribution in [0.4, 0.5) is 0 Å². The van der Waals surface area contributed by atoms with Crippen molar-refractivity contribution >= 4 is 17.4 Å². The number of carbonyl (C=O) groups is 1. The molecule has 128 valence electrons. The minimum Gasteiger partial charge on any atom is -0.376 e. The molecule has 3 heterocycles. The van der Waals surface area contributed by atoms with E-state index in [0.29, 0.717) is 12.2 Å². The van der Waals surface area contributed by atoms with Gasteiger partial charge < -0.3 is 9.64 Å². The number of aromatic nitrogens is 4. The molecule has 1 aliphatic heterocycles. The number of likely N-dealkylation sites (tertiary alicyclic amines) is 1. The number of carbonyl (C=O) groups excluding carboxylic acids is 1. The molecule has 1 saturated heterocycles. The molecule has 0 spiro atoms. The van der Waals surface area contributed by atoms with Crippen LogP contribution in [0.3, 0.4) is 0 Å². The Balaban J connectivity index is 1.51. The number of hydrogen-bond donors (Lipinski definition) is 0. The quantitative estimate of drug-likeness (QED) is 0.792. The molecule has 1 amide bonds. The smallest absolute Gasteiger partial charge is 0.275 e. The lowest BCUT2D eigenvalue weighted by Gasteiger charge is -2.27. The average Bonchev–Trinajstić information content (AvgIpc) is 2.98. The second-order valence-corrected chi connectivity index (χ2v) is 7.30. The van der Waals surface area contributed by atoms with Crippen molar-refractivity contribution < 1.29 is 9.53 Å². The molecule has 7 nitrogen and oxygen atoms in total. The SMILES string of the molecule is Cn1cc(C[C@H]2[C@H](OCC3CC3)CCN2C(=O)c2csnn2)cn1. The van der Waals surface area contributed by atoms with Crippen molar-refractivity contribution in [1.82, 2.24) is 24.3 Å². The third-order valence-electron chi connectivity index (χ3n) is 4.77. The van der Waals surface area contributed by atoms with E-state index in [1.54, 1.807) is 10.1 Å². The van der Waals surface area contributed by atoms with Crippen LogP contribution in [0.25, 0.3) is 0 Å². The number of rotatable bonds is 6. The summed E-state index contributed by atoms with van der Waals surface area (Å²) in [7, 11) is 1.91. The van der Waals surface area contributed by atoms with Crippen LogP contribution in [0.1, 0.15) is 35.3 Å². The number of ether oxygens (including phenoxy) is 1. The average molecular weight is 347 g/mol. The maximum Gasteiger partial charge on any atom is 0.275 e. The largest absolute Gasteiger partial charge is 0.376 e. The summed E-state index contributed by atoms with van der Waals surface area (Å²) in [5, 5.41) is 9.89. The number of aryl methyl sites for hydroxylation is 1. The molecule has 1 saturated carbocycles. The van der Waals surface area contributed by atoms with Crippen LogP contribution in [-0.4, -0.2) is 55.5 Å². The first-order valence-corrected chi connectivity index (χ1v) is 9.21. The van der Waals surface area contributed by atoms with E-state index < -0.39 is 0 Å². The second-order valence-electron chi connectivity index (χ2n) is 6.69. The highest BCUT2D eigenvalue weighted by atomic mass is 32.1. The minimum atomic E-state index is -0.0461. The molecule has 0 bridgehead atoms. The Bertz CT molecular complexity index is 697. The van der Waals surface area contributed by atoms with Gasteiger partial charge in [0.15, 0.2) is 5.69 Å². The molecule has 2 atom stereocenters. The predicted molar refractivity (Wildman–Crippen MR) is 88.7 cm³/mol. The van der Waals surface area contributed by atoms with Crippen LogP contribution >= 0.6 is 11.5 Å². The lowest BCUT2D eigenvalue weighted by molar-refractivity contribution is 0.0198. The topological polar surface area (TPSA) is 73.1 Å². The molecule has 1 aliphatic carbocycles. The Labute approximate surface area is 144 Å². The number of amides is 1. The van der Waals surface area contributed by atoms with Crippen molar-refractivity contribution in [3.05, 3.63) is 29.0 Å². The van der Waals surface area contributed by atoms with Gasteiger partial charge in [-0.2, -0.15) is 5.10 Å². The van der Waals surface area contributed by atoms with Crippen LogP contribution < -0.4 is 0 Å². The van der Waals surface area contributed by atoms with Gasteiger partial charge in [-0.1, -0.05) is 4.49 Å². The summed E-state index contributed by atoms with van der Waals surface area (Å²) in [5.41, 5.74) is 1.55. The fourth-order valence-electron chi connectivity index (χ4n) is 3.28. The van der Waals surface area contributed by atoms with E-state index in [4.69, 9.17) is 4.74 Å². The summed E-state index contributed by atoms with van der Waals surface area (Å²) in [6.07, 6.45) is 8.13. The van der Waals surface area contributed by atoms with Gasteiger partial charge >= 0.3 is 0 Å². The van der Waals surface area contributed by atoms with Gasteiger partial charge in [0.25, 0.3) is 5.91 Å². The van der Waals surface area contributed by atoms with Crippen molar-refractivity contribution in [3.63, 3.8) is 0 Å². The number of nitrogens with zero attached hydrogens (tertiary/aromatic N) is 5. The molecule has 24 heavy (non-hydrogen) atoms. The second kappa shape index (κ2) is 6.60. The first kappa shape index (κ1) is 15.7. The summed E-state index contributed by atoms with van der Waals surface area (Å²) in [6.45, 7) is 1.52. The van der Waals surface area contributed by atoms with E-state index in [-0.39, 0.29) is 18.1 Å². The normalized spacial score (nSPS) is 23.8. The van der Waals surface area contributed by atoms with Gasteiger partial charge in [0.05, 0.1) is 18.3 Å². The van der Waals surface area contributed by atoms with Crippen LogP contribution in [0.15, 0.2) is 17.8 Å². The Hall–Kier alpha value is -1.80. The lowest BCUT2D eigenvalue weighted by atomic mass is 10.0. The summed E-state index contributed by atoms with van der Waals surface area (Å²) in [4.78, 5) is 14.7. The fourth-order valence-corrected chi connectivity index (χ4v) is 3.71. The van der Waals surface area contributed by atoms with Crippen molar-refractivity contribution in [1.29, 1.82) is 0 Å². The van der Waals surface area contributed by atoms with E-state index in [0.717, 1.165) is 30.9 Å². The third kappa shape index (κ3) is 3.34. The van der Waals surface area contributed by atoms with Crippen LogP contribution in [0.2, 0.25) is 0 Å². The molecule has 0 radical (unpaired) electrons. The molecule has 0 N–H and O–H groups in total. The Morgan fingerprint density at radius 3 is 2.96 bits per heavy atom. The first-order chi connectivity index (χ1) is 11.7. The van der Waals surface area contributed by atoms with E-state index in [2.05, 4.69) is 14.7 Å². The molecular weight excluding hydrogens is 326 g/mol. The van der Waals surface area contributed by atoms with Gasteiger partial charge in [0.2, 0.25) is 0 Å². The standard InChI is InChI=1S/C16H21N5O2S/c1-20-8-12(7-17-20)6-14-15(23-9-11-2-3-11)4-5-21(14)16(22)13-10-24-19-18-13/h7-8,10-11,14-15H,2-6,9H2,1H3/t14-,15+/m0/s1. The molecular formula is C16H21N5O2S. The van der Waals surface area contributed by atoms with Crippen LogP contribution in [-0.2, 0) is 18.2 Å². The zero-order valence-corrected chi connectivity index (χ0v) is 14.5. The fraction of sp³-hybridized carbons (Fsp3) is 0.625. The summed E-state index contributed by atoms with van der Waals surface area (Å²) in [5.74, 6) is 0.673. The highest BCUT2D eigenvalue weighted by Gasteiger charge is 2.39. The molecule has 0 aromatic carbocycles. The first-order valence-electron chi connectivity index (χ1n) is 8.38. The van der Waals surface area contributed by atoms with Crippen molar-refractivity contribution in [2.24, 2.45) is 13.0 Å². The molecule has 2 aliphatic rings. The van der Waals surface area contributed by atoms with Gasteiger partial charge in [-0.15, -0.1) is 5.10 Å². The lowest BCUT2D eigenvalue weighted by Crippen LogP contribution is -2.42. The molecule has 2 aromatic heterocycles. The van der Waals surface area contributed by atoms with Gasteiger partial charge in [-0.25, -0.2) is 0 Å². The van der Waals surface area contributed by atoms with Crippen molar-refractivity contribution in [3.8, 4) is 0 Å². The summed E-state index contributed by atoms with van der Waals surface area (Å²) < 4.78 is 11.8. The maximum absolute atomic E-state index is 12.8. The van der Waals surface area contributed by atoms with Gasteiger partial charge in [-0.05, 0) is 48.7 Å². The Morgan fingerprint density at radius 1 is 1.42 bits per heavy atom. The Morgan fingerprint density at radius 2 is 2.29 bits per heavy atom. The molecule has 4 rings (SSSR count). The predicted octanol–water partition coefficient (Wildman–Crippen LogP) is 1.52. The zero-order chi connectivity index (χ0) is 16.5. The van der Waals surface area contributed by atoms with Gasteiger partial charge in [-0.3, -0.25) is 9.48 Å².